The van der Waals surface area contributed by atoms with Gasteiger partial charge < -0.3 is 14.8 Å². The number of nitrogens with zero attached hydrogens (tertiary/aromatic N) is 2. The van der Waals surface area contributed by atoms with Crippen LogP contribution in [0.25, 0.3) is 0 Å². The van der Waals surface area contributed by atoms with Crippen molar-refractivity contribution in [1.29, 1.82) is 0 Å². The van der Waals surface area contributed by atoms with E-state index in [4.69, 9.17) is 9.47 Å². The molecule has 1 heterocycles. The largest absolute Gasteiger partial charge is 0.493 e. The van der Waals surface area contributed by atoms with Gasteiger partial charge in [-0.3, -0.25) is 9.48 Å². The first kappa shape index (κ1) is 14.9. The van der Waals surface area contributed by atoms with E-state index in [0.717, 1.165) is 5.56 Å². The van der Waals surface area contributed by atoms with E-state index in [0.29, 0.717) is 31.0 Å². The van der Waals surface area contributed by atoms with Gasteiger partial charge in [-0.2, -0.15) is 5.10 Å². The number of methoxy groups -OCH3 is 2. The second-order valence-electron chi connectivity index (χ2n) is 4.49. The van der Waals surface area contributed by atoms with E-state index >= 15 is 0 Å². The van der Waals surface area contributed by atoms with Crippen LogP contribution in [0.5, 0.6) is 11.5 Å². The first-order chi connectivity index (χ1) is 10.2. The minimum atomic E-state index is -0.0136. The molecule has 0 spiro atoms. The number of aromatic nitrogens is 2. The Morgan fingerprint density at radius 3 is 2.76 bits per heavy atom. The fourth-order valence-corrected chi connectivity index (χ4v) is 1.93. The van der Waals surface area contributed by atoms with Gasteiger partial charge in [0.05, 0.1) is 14.2 Å². The quantitative estimate of drug-likeness (QED) is 0.841. The van der Waals surface area contributed by atoms with E-state index in [1.165, 1.54) is 0 Å². The molecule has 1 aromatic carbocycles. The molecule has 2 rings (SSSR count). The van der Waals surface area contributed by atoms with Gasteiger partial charge in [0.25, 0.3) is 0 Å². The van der Waals surface area contributed by atoms with Gasteiger partial charge in [-0.1, -0.05) is 6.07 Å². The van der Waals surface area contributed by atoms with E-state index < -0.39 is 0 Å². The molecule has 0 aliphatic heterocycles. The van der Waals surface area contributed by atoms with Gasteiger partial charge in [0, 0.05) is 31.9 Å². The van der Waals surface area contributed by atoms with Crippen LogP contribution in [-0.4, -0.2) is 29.9 Å². The molecule has 0 fully saturated rings. The molecule has 0 aliphatic carbocycles. The minimum absolute atomic E-state index is 0.0136. The van der Waals surface area contributed by atoms with Gasteiger partial charge in [0.1, 0.15) is 0 Å². The number of rotatable bonds is 7. The van der Waals surface area contributed by atoms with Crippen molar-refractivity contribution in [3.63, 3.8) is 0 Å². The molecule has 0 atom stereocenters. The number of hydrogen-bond donors (Lipinski definition) is 1. The Morgan fingerprint density at radius 1 is 1.29 bits per heavy atom. The van der Waals surface area contributed by atoms with Crippen molar-refractivity contribution in [2.45, 2.75) is 19.5 Å². The molecule has 0 saturated carbocycles. The molecular formula is C15H19N3O3. The van der Waals surface area contributed by atoms with Gasteiger partial charge in [-0.05, 0) is 23.8 Å². The Labute approximate surface area is 123 Å². The summed E-state index contributed by atoms with van der Waals surface area (Å²) >= 11 is 0. The Bertz CT molecular complexity index is 582. The molecule has 6 heteroatoms. The minimum Gasteiger partial charge on any atom is -0.493 e. The van der Waals surface area contributed by atoms with Crippen LogP contribution in [0.3, 0.4) is 0 Å². The highest BCUT2D eigenvalue weighted by Gasteiger charge is 2.06. The van der Waals surface area contributed by atoms with Gasteiger partial charge in [-0.15, -0.1) is 0 Å². The number of nitrogens with one attached hydrogen (secondary N) is 1. The highest BCUT2D eigenvalue weighted by Crippen LogP contribution is 2.27. The smallest absolute Gasteiger partial charge is 0.222 e. The van der Waals surface area contributed by atoms with Crippen molar-refractivity contribution < 1.29 is 14.3 Å². The molecule has 2 aromatic rings. The molecule has 0 bridgehead atoms. The molecule has 1 aromatic heterocycles. The average Bonchev–Trinajstić information content (AvgIpc) is 3.04. The Kier molecular flexibility index (Phi) is 5.20. The number of ether oxygens (including phenoxy) is 2. The molecule has 6 nitrogen and oxygen atoms in total. The lowest BCUT2D eigenvalue weighted by Crippen LogP contribution is -2.24. The van der Waals surface area contributed by atoms with Crippen LogP contribution in [0, 0.1) is 0 Å². The lowest BCUT2D eigenvalue weighted by molar-refractivity contribution is -0.121. The van der Waals surface area contributed by atoms with E-state index in [1.54, 1.807) is 25.1 Å². The van der Waals surface area contributed by atoms with Crippen LogP contribution >= 0.6 is 0 Å². The summed E-state index contributed by atoms with van der Waals surface area (Å²) in [5, 5.41) is 6.93. The average molecular weight is 289 g/mol. The monoisotopic (exact) mass is 289 g/mol. The van der Waals surface area contributed by atoms with Gasteiger partial charge in [0.15, 0.2) is 11.5 Å². The second kappa shape index (κ2) is 7.33. The SMILES string of the molecule is COc1ccc(CNC(=O)CCn2cccn2)cc1OC. The third-order valence-corrected chi connectivity index (χ3v) is 3.06. The van der Waals surface area contributed by atoms with Crippen molar-refractivity contribution in [2.24, 2.45) is 0 Å². The molecule has 0 unspecified atom stereocenters. The van der Waals surface area contributed by atoms with Crippen molar-refractivity contribution in [2.75, 3.05) is 14.2 Å². The van der Waals surface area contributed by atoms with Crippen molar-refractivity contribution in [3.05, 3.63) is 42.2 Å². The predicted octanol–water partition coefficient (Wildman–Crippen LogP) is 1.61. The Morgan fingerprint density at radius 2 is 2.10 bits per heavy atom. The summed E-state index contributed by atoms with van der Waals surface area (Å²) in [6.07, 6.45) is 3.93. The van der Waals surface area contributed by atoms with Crippen LogP contribution < -0.4 is 14.8 Å². The molecule has 0 aliphatic rings. The molecule has 21 heavy (non-hydrogen) atoms. The zero-order valence-corrected chi connectivity index (χ0v) is 12.2. The molecule has 112 valence electrons. The topological polar surface area (TPSA) is 65.4 Å². The number of amides is 1. The van der Waals surface area contributed by atoms with Crippen molar-refractivity contribution in [3.8, 4) is 11.5 Å². The Balaban J connectivity index is 1.83. The summed E-state index contributed by atoms with van der Waals surface area (Å²) in [5.41, 5.74) is 0.958. The maximum absolute atomic E-state index is 11.8. The first-order valence-corrected chi connectivity index (χ1v) is 6.68. The van der Waals surface area contributed by atoms with Crippen molar-refractivity contribution >= 4 is 5.91 Å². The van der Waals surface area contributed by atoms with E-state index in [1.807, 2.05) is 30.5 Å². The third kappa shape index (κ3) is 4.24. The Hall–Kier alpha value is -2.50. The number of aryl methyl sites for hydroxylation is 1. The van der Waals surface area contributed by atoms with Crippen LogP contribution in [0.4, 0.5) is 0 Å². The van der Waals surface area contributed by atoms with Gasteiger partial charge in [0.2, 0.25) is 5.91 Å². The summed E-state index contributed by atoms with van der Waals surface area (Å²) in [6, 6.07) is 7.41. The summed E-state index contributed by atoms with van der Waals surface area (Å²) in [6.45, 7) is 1.03. The first-order valence-electron chi connectivity index (χ1n) is 6.68. The normalized spacial score (nSPS) is 10.2. The highest BCUT2D eigenvalue weighted by molar-refractivity contribution is 5.75. The summed E-state index contributed by atoms with van der Waals surface area (Å²) in [5.74, 6) is 1.31. The van der Waals surface area contributed by atoms with Gasteiger partial charge >= 0.3 is 0 Å². The number of benzene rings is 1. The number of hydrogen-bond acceptors (Lipinski definition) is 4. The van der Waals surface area contributed by atoms with Crippen LogP contribution in [-0.2, 0) is 17.9 Å². The maximum Gasteiger partial charge on any atom is 0.222 e. The summed E-state index contributed by atoms with van der Waals surface area (Å²) in [7, 11) is 3.18. The van der Waals surface area contributed by atoms with Crippen LogP contribution in [0.1, 0.15) is 12.0 Å². The zero-order chi connectivity index (χ0) is 15.1. The number of carbonyl (C=O) groups is 1. The summed E-state index contributed by atoms with van der Waals surface area (Å²) < 4.78 is 12.1. The molecule has 1 amide bonds. The molecule has 1 N–H and O–H groups in total. The highest BCUT2D eigenvalue weighted by atomic mass is 16.5. The third-order valence-electron chi connectivity index (χ3n) is 3.06. The second-order valence-corrected chi connectivity index (χ2v) is 4.49. The standard InChI is InChI=1S/C15H19N3O3/c1-20-13-5-4-12(10-14(13)21-2)11-16-15(19)6-9-18-8-3-7-17-18/h3-5,7-8,10H,6,9,11H2,1-2H3,(H,16,19). The van der Waals surface area contributed by atoms with Gasteiger partial charge in [-0.25, -0.2) is 0 Å². The van der Waals surface area contributed by atoms with E-state index in [-0.39, 0.29) is 5.91 Å². The fourth-order valence-electron chi connectivity index (χ4n) is 1.93. The van der Waals surface area contributed by atoms with Crippen LogP contribution in [0.15, 0.2) is 36.7 Å². The molecular weight excluding hydrogens is 270 g/mol. The molecule has 0 radical (unpaired) electrons. The lowest BCUT2D eigenvalue weighted by Gasteiger charge is -2.10. The van der Waals surface area contributed by atoms with Crippen LogP contribution in [0.2, 0.25) is 0 Å². The van der Waals surface area contributed by atoms with E-state index in [9.17, 15) is 4.79 Å². The lowest BCUT2D eigenvalue weighted by atomic mass is 10.2. The summed E-state index contributed by atoms with van der Waals surface area (Å²) in [4.78, 5) is 11.8. The van der Waals surface area contributed by atoms with Crippen molar-refractivity contribution in [1.82, 2.24) is 15.1 Å². The maximum atomic E-state index is 11.8. The fraction of sp³-hybridized carbons (Fsp3) is 0.333. The number of carbonyl (C=O) groups excluding carboxylic acids is 1. The predicted molar refractivity (Wildman–Crippen MR) is 78.2 cm³/mol. The molecule has 0 saturated heterocycles. The zero-order valence-electron chi connectivity index (χ0n) is 12.2. The van der Waals surface area contributed by atoms with E-state index in [2.05, 4.69) is 10.4 Å².